The molecule has 0 aliphatic heterocycles. The second-order valence-corrected chi connectivity index (χ2v) is 8.48. The summed E-state index contributed by atoms with van der Waals surface area (Å²) >= 11 is 6.81. The number of hydrogen-bond donors (Lipinski definition) is 1. The first kappa shape index (κ1) is 16.3. The molecular formula is C14H17ClN2O2S2. The van der Waals surface area contributed by atoms with E-state index in [4.69, 9.17) is 11.6 Å². The molecule has 0 saturated carbocycles. The highest BCUT2D eigenvalue weighted by Gasteiger charge is 2.15. The van der Waals surface area contributed by atoms with Crippen LogP contribution in [-0.2, 0) is 16.4 Å². The van der Waals surface area contributed by atoms with Crippen LogP contribution < -0.4 is 9.62 Å². The molecule has 4 nitrogen and oxygen atoms in total. The Bertz CT molecular complexity index is 694. The number of hydrogen-bond acceptors (Lipinski definition) is 4. The van der Waals surface area contributed by atoms with E-state index in [0.29, 0.717) is 17.3 Å². The summed E-state index contributed by atoms with van der Waals surface area (Å²) in [4.78, 5) is 2.02. The molecule has 1 aromatic carbocycles. The SMILES string of the molecule is CN(C)c1ccc(CCNS(=O)(=O)c2ccc(Cl)s2)cc1. The monoisotopic (exact) mass is 344 g/mol. The van der Waals surface area contributed by atoms with Gasteiger partial charge in [0.15, 0.2) is 0 Å². The van der Waals surface area contributed by atoms with Gasteiger partial charge < -0.3 is 4.90 Å². The third-order valence-corrected chi connectivity index (χ3v) is 6.16. The molecule has 0 amide bonds. The molecule has 114 valence electrons. The van der Waals surface area contributed by atoms with Crippen LogP contribution in [0.15, 0.2) is 40.6 Å². The molecule has 0 fully saturated rings. The molecule has 0 atom stereocenters. The third-order valence-electron chi connectivity index (χ3n) is 2.97. The first-order chi connectivity index (χ1) is 9.88. The molecule has 1 heterocycles. The lowest BCUT2D eigenvalue weighted by molar-refractivity contribution is 0.584. The smallest absolute Gasteiger partial charge is 0.250 e. The van der Waals surface area contributed by atoms with Crippen LogP contribution >= 0.6 is 22.9 Å². The van der Waals surface area contributed by atoms with Crippen molar-refractivity contribution in [1.82, 2.24) is 4.72 Å². The molecule has 1 aromatic heterocycles. The van der Waals surface area contributed by atoms with Crippen LogP contribution in [0.5, 0.6) is 0 Å². The number of benzene rings is 1. The van der Waals surface area contributed by atoms with Gasteiger partial charge in [-0.05, 0) is 36.2 Å². The summed E-state index contributed by atoms with van der Waals surface area (Å²) in [7, 11) is 0.508. The molecule has 1 N–H and O–H groups in total. The molecule has 2 aromatic rings. The molecule has 0 aliphatic rings. The highest BCUT2D eigenvalue weighted by Crippen LogP contribution is 2.25. The van der Waals surface area contributed by atoms with Crippen LogP contribution in [0.3, 0.4) is 0 Å². The molecule has 0 bridgehead atoms. The second-order valence-electron chi connectivity index (χ2n) is 4.77. The standard InChI is InChI=1S/C14H17ClN2O2S2/c1-17(2)12-5-3-11(4-6-12)9-10-16-21(18,19)14-8-7-13(15)20-14/h3-8,16H,9-10H2,1-2H3. The summed E-state index contributed by atoms with van der Waals surface area (Å²) in [6.45, 7) is 0.360. The molecule has 0 unspecified atom stereocenters. The molecule has 0 aliphatic carbocycles. The molecular weight excluding hydrogens is 328 g/mol. The van der Waals surface area contributed by atoms with Gasteiger partial charge in [-0.15, -0.1) is 11.3 Å². The summed E-state index contributed by atoms with van der Waals surface area (Å²) in [5.74, 6) is 0. The van der Waals surface area contributed by atoms with Gasteiger partial charge in [-0.2, -0.15) is 0 Å². The van der Waals surface area contributed by atoms with Crippen molar-refractivity contribution in [2.75, 3.05) is 25.5 Å². The largest absolute Gasteiger partial charge is 0.378 e. The lowest BCUT2D eigenvalue weighted by atomic mass is 10.1. The van der Waals surface area contributed by atoms with Crippen molar-refractivity contribution < 1.29 is 8.42 Å². The fourth-order valence-electron chi connectivity index (χ4n) is 1.80. The Kier molecular flexibility index (Phi) is 5.27. The van der Waals surface area contributed by atoms with Crippen LogP contribution in [0.25, 0.3) is 0 Å². The van der Waals surface area contributed by atoms with E-state index in [1.807, 2.05) is 43.3 Å². The summed E-state index contributed by atoms with van der Waals surface area (Å²) < 4.78 is 27.3. The number of halogens is 1. The van der Waals surface area contributed by atoms with Crippen molar-refractivity contribution in [2.24, 2.45) is 0 Å². The average Bonchev–Trinajstić information content (AvgIpc) is 2.87. The maximum atomic E-state index is 12.0. The molecule has 0 radical (unpaired) electrons. The minimum absolute atomic E-state index is 0.246. The van der Waals surface area contributed by atoms with Crippen LogP contribution in [0.1, 0.15) is 5.56 Å². The Balaban J connectivity index is 1.92. The van der Waals surface area contributed by atoms with Crippen LogP contribution in [0.2, 0.25) is 4.34 Å². The van der Waals surface area contributed by atoms with E-state index in [9.17, 15) is 8.42 Å². The van der Waals surface area contributed by atoms with Gasteiger partial charge in [0, 0.05) is 26.3 Å². The Morgan fingerprint density at radius 1 is 1.14 bits per heavy atom. The van der Waals surface area contributed by atoms with E-state index in [1.165, 1.54) is 6.07 Å². The van der Waals surface area contributed by atoms with Gasteiger partial charge in [0.05, 0.1) is 4.34 Å². The summed E-state index contributed by atoms with van der Waals surface area (Å²) in [6, 6.07) is 11.1. The van der Waals surface area contributed by atoms with Crippen LogP contribution in [0, 0.1) is 0 Å². The van der Waals surface area contributed by atoms with Crippen LogP contribution in [-0.4, -0.2) is 29.1 Å². The van der Waals surface area contributed by atoms with E-state index in [-0.39, 0.29) is 4.21 Å². The Morgan fingerprint density at radius 3 is 2.33 bits per heavy atom. The van der Waals surface area contributed by atoms with E-state index in [1.54, 1.807) is 6.07 Å². The maximum Gasteiger partial charge on any atom is 0.250 e. The van der Waals surface area contributed by atoms with Gasteiger partial charge >= 0.3 is 0 Å². The minimum Gasteiger partial charge on any atom is -0.378 e. The Hall–Kier alpha value is -1.08. The zero-order chi connectivity index (χ0) is 15.5. The summed E-state index contributed by atoms with van der Waals surface area (Å²) in [5.41, 5.74) is 2.21. The number of anilines is 1. The Morgan fingerprint density at radius 2 is 1.81 bits per heavy atom. The number of nitrogens with zero attached hydrogens (tertiary/aromatic N) is 1. The maximum absolute atomic E-state index is 12.0. The quantitative estimate of drug-likeness (QED) is 0.876. The molecule has 0 spiro atoms. The van der Waals surface area contributed by atoms with Gasteiger partial charge in [-0.1, -0.05) is 23.7 Å². The van der Waals surface area contributed by atoms with E-state index >= 15 is 0 Å². The molecule has 2 rings (SSSR count). The number of rotatable bonds is 6. The summed E-state index contributed by atoms with van der Waals surface area (Å²) in [6.07, 6.45) is 0.645. The van der Waals surface area contributed by atoms with Crippen molar-refractivity contribution in [2.45, 2.75) is 10.6 Å². The lowest BCUT2D eigenvalue weighted by Gasteiger charge is -2.12. The predicted octanol–water partition coefficient (Wildman–Crippen LogP) is 2.99. The van der Waals surface area contributed by atoms with Crippen molar-refractivity contribution in [3.05, 3.63) is 46.3 Å². The fraction of sp³-hybridized carbons (Fsp3) is 0.286. The first-order valence-electron chi connectivity index (χ1n) is 6.40. The van der Waals surface area contributed by atoms with Crippen molar-refractivity contribution >= 4 is 38.6 Å². The fourth-order valence-corrected chi connectivity index (χ4v) is 4.36. The first-order valence-corrected chi connectivity index (χ1v) is 9.07. The van der Waals surface area contributed by atoms with E-state index in [2.05, 4.69) is 4.72 Å². The van der Waals surface area contributed by atoms with E-state index in [0.717, 1.165) is 22.6 Å². The number of thiophene rings is 1. The molecule has 7 heteroatoms. The van der Waals surface area contributed by atoms with Crippen molar-refractivity contribution in [1.29, 1.82) is 0 Å². The minimum atomic E-state index is -3.46. The van der Waals surface area contributed by atoms with Gasteiger partial charge in [0.1, 0.15) is 4.21 Å². The van der Waals surface area contributed by atoms with Crippen molar-refractivity contribution in [3.8, 4) is 0 Å². The molecule has 21 heavy (non-hydrogen) atoms. The summed E-state index contributed by atoms with van der Waals surface area (Å²) in [5, 5.41) is 0. The highest BCUT2D eigenvalue weighted by atomic mass is 35.5. The highest BCUT2D eigenvalue weighted by molar-refractivity contribution is 7.91. The van der Waals surface area contributed by atoms with Crippen molar-refractivity contribution in [3.63, 3.8) is 0 Å². The zero-order valence-corrected chi connectivity index (χ0v) is 14.2. The zero-order valence-electron chi connectivity index (χ0n) is 11.8. The number of sulfonamides is 1. The third kappa shape index (κ3) is 4.44. The Labute approximate surface area is 134 Å². The topological polar surface area (TPSA) is 49.4 Å². The van der Waals surface area contributed by atoms with Crippen LogP contribution in [0.4, 0.5) is 5.69 Å². The van der Waals surface area contributed by atoms with Gasteiger partial charge in [-0.25, -0.2) is 13.1 Å². The van der Waals surface area contributed by atoms with Gasteiger partial charge in [-0.3, -0.25) is 0 Å². The average molecular weight is 345 g/mol. The van der Waals surface area contributed by atoms with Gasteiger partial charge in [0.2, 0.25) is 10.0 Å². The predicted molar refractivity (Wildman–Crippen MR) is 89.0 cm³/mol. The van der Waals surface area contributed by atoms with E-state index < -0.39 is 10.0 Å². The van der Waals surface area contributed by atoms with Gasteiger partial charge in [0.25, 0.3) is 0 Å². The lowest BCUT2D eigenvalue weighted by Crippen LogP contribution is -2.25. The molecule has 0 saturated heterocycles. The second kappa shape index (κ2) is 6.79. The number of nitrogens with one attached hydrogen (secondary N) is 1. The normalized spacial score (nSPS) is 11.6.